The fourth-order valence-electron chi connectivity index (χ4n) is 2.50. The molecule has 0 spiro atoms. The van der Waals surface area contributed by atoms with Crippen LogP contribution in [-0.4, -0.2) is 42.8 Å². The first-order valence-electron chi connectivity index (χ1n) is 6.89. The molecule has 1 aliphatic heterocycles. The Balaban J connectivity index is 2.23. The number of halogens is 3. The second kappa shape index (κ2) is 6.47. The van der Waals surface area contributed by atoms with Crippen molar-refractivity contribution in [3.8, 4) is 0 Å². The minimum Gasteiger partial charge on any atom is -0.381 e. The lowest BCUT2D eigenvalue weighted by Crippen LogP contribution is -2.47. The van der Waals surface area contributed by atoms with Gasteiger partial charge < -0.3 is 9.64 Å². The Bertz CT molecular complexity index is 496. The van der Waals surface area contributed by atoms with E-state index < -0.39 is 24.7 Å². The van der Waals surface area contributed by atoms with Crippen molar-refractivity contribution in [1.29, 1.82) is 0 Å². The zero-order chi connectivity index (χ0) is 15.5. The number of aryl methyl sites for hydroxylation is 1. The van der Waals surface area contributed by atoms with Crippen LogP contribution < -0.4 is 0 Å². The second-order valence-electron chi connectivity index (χ2n) is 5.26. The number of hydrogen-bond donors (Lipinski definition) is 0. The highest BCUT2D eigenvalue weighted by atomic mass is 19.4. The molecule has 1 aliphatic rings. The first-order chi connectivity index (χ1) is 9.87. The Morgan fingerprint density at radius 2 is 2.00 bits per heavy atom. The van der Waals surface area contributed by atoms with Gasteiger partial charge in [-0.25, -0.2) is 0 Å². The van der Waals surface area contributed by atoms with Gasteiger partial charge in [-0.15, -0.1) is 0 Å². The van der Waals surface area contributed by atoms with E-state index in [1.807, 2.05) is 0 Å². The number of nitrogens with zero attached hydrogens (tertiary/aromatic N) is 1. The maximum atomic E-state index is 12.8. The van der Waals surface area contributed by atoms with Crippen molar-refractivity contribution in [2.24, 2.45) is 0 Å². The van der Waals surface area contributed by atoms with Crippen LogP contribution in [0.3, 0.4) is 0 Å². The molecule has 2 rings (SSSR count). The summed E-state index contributed by atoms with van der Waals surface area (Å²) in [7, 11) is 0. The van der Waals surface area contributed by atoms with Gasteiger partial charge in [0.25, 0.3) is 5.91 Å². The number of alkyl halides is 3. The number of benzene rings is 1. The Morgan fingerprint density at radius 3 is 2.57 bits per heavy atom. The third kappa shape index (κ3) is 4.46. The average Bonchev–Trinajstić information content (AvgIpc) is 2.44. The lowest BCUT2D eigenvalue weighted by atomic mass is 10.0. The molecule has 1 heterocycles. The van der Waals surface area contributed by atoms with Crippen molar-refractivity contribution in [2.75, 3.05) is 19.8 Å². The molecule has 1 aromatic carbocycles. The quantitative estimate of drug-likeness (QED) is 0.858. The molecule has 0 bridgehead atoms. The van der Waals surface area contributed by atoms with E-state index in [-0.39, 0.29) is 0 Å². The van der Waals surface area contributed by atoms with Crippen molar-refractivity contribution in [3.05, 3.63) is 35.4 Å². The van der Waals surface area contributed by atoms with Gasteiger partial charge in [0.05, 0.1) is 0 Å². The van der Waals surface area contributed by atoms with Crippen molar-refractivity contribution in [2.45, 2.75) is 32.0 Å². The minimum atomic E-state index is -4.40. The van der Waals surface area contributed by atoms with Crippen molar-refractivity contribution < 1.29 is 22.7 Å². The largest absolute Gasteiger partial charge is 0.406 e. The number of hydrogen-bond acceptors (Lipinski definition) is 2. The molecule has 21 heavy (non-hydrogen) atoms. The highest BCUT2D eigenvalue weighted by molar-refractivity contribution is 5.94. The maximum absolute atomic E-state index is 12.8. The number of carbonyl (C=O) groups is 1. The topological polar surface area (TPSA) is 29.5 Å². The predicted octanol–water partition coefficient (Wildman–Crippen LogP) is 3.18. The lowest BCUT2D eigenvalue weighted by molar-refractivity contribution is -0.147. The lowest BCUT2D eigenvalue weighted by Gasteiger charge is -2.35. The van der Waals surface area contributed by atoms with Crippen LogP contribution in [0.2, 0.25) is 0 Å². The first kappa shape index (κ1) is 15.8. The fourth-order valence-corrected chi connectivity index (χ4v) is 2.50. The van der Waals surface area contributed by atoms with Crippen LogP contribution in [0.1, 0.15) is 28.8 Å². The summed E-state index contributed by atoms with van der Waals surface area (Å²) in [6, 6.07) is 6.23. The van der Waals surface area contributed by atoms with Crippen LogP contribution in [0.4, 0.5) is 13.2 Å². The molecule has 116 valence electrons. The molecular weight excluding hydrogens is 283 g/mol. The van der Waals surface area contributed by atoms with E-state index in [4.69, 9.17) is 4.74 Å². The monoisotopic (exact) mass is 301 g/mol. The summed E-state index contributed by atoms with van der Waals surface area (Å²) in [6.45, 7) is 1.37. The van der Waals surface area contributed by atoms with Crippen molar-refractivity contribution in [1.82, 2.24) is 4.90 Å². The Labute approximate surface area is 121 Å². The van der Waals surface area contributed by atoms with E-state index in [0.717, 1.165) is 10.5 Å². The van der Waals surface area contributed by atoms with E-state index in [0.29, 0.717) is 31.6 Å². The molecule has 1 aromatic rings. The van der Waals surface area contributed by atoms with Crippen LogP contribution in [0.25, 0.3) is 0 Å². The zero-order valence-corrected chi connectivity index (χ0v) is 11.8. The summed E-state index contributed by atoms with van der Waals surface area (Å²) in [5.74, 6) is -0.567. The highest BCUT2D eigenvalue weighted by Crippen LogP contribution is 2.24. The molecule has 0 aromatic heterocycles. The van der Waals surface area contributed by atoms with E-state index in [1.54, 1.807) is 31.2 Å². The van der Waals surface area contributed by atoms with Crippen LogP contribution in [0, 0.1) is 6.92 Å². The van der Waals surface area contributed by atoms with Crippen molar-refractivity contribution >= 4 is 5.91 Å². The Kier molecular flexibility index (Phi) is 4.88. The van der Waals surface area contributed by atoms with Crippen LogP contribution >= 0.6 is 0 Å². The van der Waals surface area contributed by atoms with Gasteiger partial charge in [0.1, 0.15) is 6.54 Å². The molecule has 0 aliphatic carbocycles. The van der Waals surface area contributed by atoms with Gasteiger partial charge in [-0.1, -0.05) is 17.7 Å². The summed E-state index contributed by atoms with van der Waals surface area (Å²) in [6.07, 6.45) is -3.53. The van der Waals surface area contributed by atoms with Gasteiger partial charge in [-0.2, -0.15) is 13.2 Å². The highest BCUT2D eigenvalue weighted by Gasteiger charge is 2.37. The molecule has 0 radical (unpaired) electrons. The summed E-state index contributed by atoms with van der Waals surface area (Å²) >= 11 is 0. The second-order valence-corrected chi connectivity index (χ2v) is 5.26. The average molecular weight is 301 g/mol. The molecular formula is C15H18F3NO2. The third-order valence-electron chi connectivity index (χ3n) is 3.51. The number of ether oxygens (including phenoxy) is 1. The fraction of sp³-hybridized carbons (Fsp3) is 0.533. The normalized spacial score (nSPS) is 16.8. The van der Waals surface area contributed by atoms with Crippen molar-refractivity contribution in [3.63, 3.8) is 0 Å². The van der Waals surface area contributed by atoms with Gasteiger partial charge in [0, 0.05) is 24.8 Å². The summed E-state index contributed by atoms with van der Waals surface area (Å²) in [4.78, 5) is 13.4. The smallest absolute Gasteiger partial charge is 0.381 e. The molecule has 3 nitrogen and oxygen atoms in total. The predicted molar refractivity (Wildman–Crippen MR) is 72.1 cm³/mol. The number of carbonyl (C=O) groups excluding carboxylic acids is 1. The summed E-state index contributed by atoms with van der Waals surface area (Å²) in [5.41, 5.74) is 1.14. The molecule has 1 fully saturated rings. The Hall–Kier alpha value is -1.56. The van der Waals surface area contributed by atoms with Gasteiger partial charge in [-0.05, 0) is 31.9 Å². The zero-order valence-electron chi connectivity index (χ0n) is 11.8. The van der Waals surface area contributed by atoms with Crippen LogP contribution in [0.15, 0.2) is 24.3 Å². The van der Waals surface area contributed by atoms with Gasteiger partial charge >= 0.3 is 6.18 Å². The molecule has 0 saturated carbocycles. The van der Waals surface area contributed by atoms with Gasteiger partial charge in [0.2, 0.25) is 0 Å². The molecule has 1 amide bonds. The van der Waals surface area contributed by atoms with Crippen LogP contribution in [-0.2, 0) is 4.74 Å². The van der Waals surface area contributed by atoms with E-state index in [9.17, 15) is 18.0 Å². The summed E-state index contributed by atoms with van der Waals surface area (Å²) in [5, 5.41) is 0. The van der Waals surface area contributed by atoms with Gasteiger partial charge in [-0.3, -0.25) is 4.79 Å². The number of amides is 1. The first-order valence-corrected chi connectivity index (χ1v) is 6.89. The van der Waals surface area contributed by atoms with Gasteiger partial charge in [0.15, 0.2) is 0 Å². The summed E-state index contributed by atoms with van der Waals surface area (Å²) < 4.78 is 43.5. The molecule has 0 atom stereocenters. The van der Waals surface area contributed by atoms with E-state index in [1.165, 1.54) is 0 Å². The SMILES string of the molecule is Cc1cccc(C(=O)N(CC(F)(F)F)C2CCOCC2)c1. The molecule has 0 N–H and O–H groups in total. The Morgan fingerprint density at radius 1 is 1.33 bits per heavy atom. The standard InChI is InChI=1S/C15H18F3NO2/c1-11-3-2-4-12(9-11)14(20)19(10-15(16,17)18)13-5-7-21-8-6-13/h2-4,9,13H,5-8,10H2,1H3. The maximum Gasteiger partial charge on any atom is 0.406 e. The minimum absolute atomic E-state index is 0.297. The molecule has 1 saturated heterocycles. The molecule has 0 unspecified atom stereocenters. The van der Waals surface area contributed by atoms with Crippen LogP contribution in [0.5, 0.6) is 0 Å². The van der Waals surface area contributed by atoms with E-state index in [2.05, 4.69) is 0 Å². The molecule has 6 heteroatoms. The number of rotatable bonds is 3. The van der Waals surface area contributed by atoms with E-state index >= 15 is 0 Å². The third-order valence-corrected chi connectivity index (χ3v) is 3.51.